The molecule has 1 fully saturated rings. The quantitative estimate of drug-likeness (QED) is 0.112. The van der Waals surface area contributed by atoms with Gasteiger partial charge in [-0.15, -0.1) is 0 Å². The fraction of sp³-hybridized carbons (Fsp3) is 0.395. The van der Waals surface area contributed by atoms with Crippen LogP contribution in [0.5, 0.6) is 0 Å². The zero-order valence-corrected chi connectivity index (χ0v) is 29.0. The van der Waals surface area contributed by atoms with Crippen LogP contribution in [-0.2, 0) is 30.5 Å². The first-order chi connectivity index (χ1) is 24.4. The topological polar surface area (TPSA) is 165 Å². The average molecular weight is 699 g/mol. The van der Waals surface area contributed by atoms with E-state index in [2.05, 4.69) is 5.32 Å². The Morgan fingerprint density at radius 2 is 1.51 bits per heavy atom. The molecule has 13 nitrogen and oxygen atoms in total. The van der Waals surface area contributed by atoms with Gasteiger partial charge in [0.1, 0.15) is 18.1 Å². The van der Waals surface area contributed by atoms with Crippen molar-refractivity contribution in [2.45, 2.75) is 63.9 Å². The highest BCUT2D eigenvalue weighted by molar-refractivity contribution is 6.22. The molecule has 13 heteroatoms. The molecule has 0 aliphatic carbocycles. The SMILES string of the molecule is CC[C@H](C)[C@H](OCc1ccccc1)[C@H]1[C@H]([N+](=O)[O-])[C@H](c2ccccc2)N(C(=O)CN2C(=O)c3ccccc3C2=O)[C@]1(C)C(=O)NCCC(=O)OC. The number of likely N-dealkylation sites (tertiary alicyclic amines) is 1. The lowest BCUT2D eigenvalue weighted by molar-refractivity contribution is -0.536. The highest BCUT2D eigenvalue weighted by Crippen LogP contribution is 2.52. The number of fused-ring (bicyclic) bond motifs is 1. The molecular weight excluding hydrogens is 656 g/mol. The van der Waals surface area contributed by atoms with Crippen LogP contribution < -0.4 is 5.32 Å². The number of benzene rings is 3. The van der Waals surface area contributed by atoms with E-state index in [1.165, 1.54) is 31.1 Å². The number of nitrogens with one attached hydrogen (secondary N) is 1. The van der Waals surface area contributed by atoms with Crippen molar-refractivity contribution in [1.29, 1.82) is 0 Å². The Bertz CT molecular complexity index is 1750. The highest BCUT2D eigenvalue weighted by atomic mass is 16.6. The molecule has 2 aliphatic heterocycles. The molecule has 51 heavy (non-hydrogen) atoms. The van der Waals surface area contributed by atoms with E-state index in [1.54, 1.807) is 42.5 Å². The minimum atomic E-state index is -1.98. The standard InChI is InChI=1S/C38H42N4O9/c1-5-24(2)34(51-23-25-14-8-6-9-15-25)31-33(42(48)49)32(26-16-10-7-11-17-26)41(38(31,3)37(47)39-21-20-30(44)50-4)29(43)22-40-35(45)27-18-12-13-19-28(27)36(40)46/h6-19,24,31-34H,5,20-23H2,1-4H3,(H,39,47)/t24-,31+,32-,33-,34-,38-/m0/s1. The molecular formula is C38H42N4O9. The Kier molecular flexibility index (Phi) is 11.3. The number of amides is 4. The number of hydrogen-bond acceptors (Lipinski definition) is 9. The van der Waals surface area contributed by atoms with Gasteiger partial charge in [-0.25, -0.2) is 0 Å². The van der Waals surface area contributed by atoms with Gasteiger partial charge in [-0.05, 0) is 36.1 Å². The van der Waals surface area contributed by atoms with Crippen LogP contribution in [0, 0.1) is 22.0 Å². The van der Waals surface area contributed by atoms with Gasteiger partial charge in [-0.1, -0.05) is 93.1 Å². The van der Waals surface area contributed by atoms with Crippen LogP contribution in [0.2, 0.25) is 0 Å². The molecule has 3 aromatic carbocycles. The number of carbonyl (C=O) groups is 5. The van der Waals surface area contributed by atoms with E-state index >= 15 is 0 Å². The number of esters is 1. The Hall–Kier alpha value is -5.43. The summed E-state index contributed by atoms with van der Waals surface area (Å²) in [6, 6.07) is 20.9. The third kappa shape index (κ3) is 7.11. The number of nitro groups is 1. The molecule has 268 valence electrons. The molecule has 0 radical (unpaired) electrons. The Labute approximate surface area is 296 Å². The van der Waals surface area contributed by atoms with Gasteiger partial charge in [0.25, 0.3) is 11.8 Å². The van der Waals surface area contributed by atoms with Crippen LogP contribution in [0.1, 0.15) is 71.5 Å². The second kappa shape index (κ2) is 15.6. The summed E-state index contributed by atoms with van der Waals surface area (Å²) >= 11 is 0. The number of methoxy groups -OCH3 is 1. The van der Waals surface area contributed by atoms with E-state index in [1.807, 2.05) is 44.2 Å². The molecule has 3 aromatic rings. The first-order valence-corrected chi connectivity index (χ1v) is 16.9. The van der Waals surface area contributed by atoms with E-state index in [9.17, 15) is 34.1 Å². The predicted molar refractivity (Wildman–Crippen MR) is 185 cm³/mol. The summed E-state index contributed by atoms with van der Waals surface area (Å²) in [5.74, 6) is -5.12. The lowest BCUT2D eigenvalue weighted by Gasteiger charge is -2.42. The third-order valence-corrected chi connectivity index (χ3v) is 10.1. The van der Waals surface area contributed by atoms with E-state index in [0.29, 0.717) is 12.0 Å². The second-order valence-electron chi connectivity index (χ2n) is 13.0. The van der Waals surface area contributed by atoms with E-state index in [0.717, 1.165) is 10.5 Å². The lowest BCUT2D eigenvalue weighted by atomic mass is 9.74. The van der Waals surface area contributed by atoms with Gasteiger partial charge in [0.15, 0.2) is 0 Å². The van der Waals surface area contributed by atoms with Gasteiger partial charge in [-0.2, -0.15) is 0 Å². The lowest BCUT2D eigenvalue weighted by Crippen LogP contribution is -2.63. The van der Waals surface area contributed by atoms with Crippen molar-refractivity contribution in [3.8, 4) is 0 Å². The van der Waals surface area contributed by atoms with Crippen molar-refractivity contribution >= 4 is 29.6 Å². The number of ether oxygens (including phenoxy) is 2. The Balaban J connectivity index is 1.66. The van der Waals surface area contributed by atoms with Crippen LogP contribution >= 0.6 is 0 Å². The van der Waals surface area contributed by atoms with E-state index in [-0.39, 0.29) is 36.6 Å². The number of imide groups is 1. The highest BCUT2D eigenvalue weighted by Gasteiger charge is 2.70. The first kappa shape index (κ1) is 36.8. The van der Waals surface area contributed by atoms with Crippen LogP contribution in [0.15, 0.2) is 84.9 Å². The summed E-state index contributed by atoms with van der Waals surface area (Å²) in [6.45, 7) is 4.39. The second-order valence-corrected chi connectivity index (χ2v) is 13.0. The predicted octanol–water partition coefficient (Wildman–Crippen LogP) is 4.20. The van der Waals surface area contributed by atoms with Crippen LogP contribution in [0.25, 0.3) is 0 Å². The summed E-state index contributed by atoms with van der Waals surface area (Å²) in [6.07, 6.45) is -0.587. The molecule has 2 heterocycles. The first-order valence-electron chi connectivity index (χ1n) is 16.9. The summed E-state index contributed by atoms with van der Waals surface area (Å²) in [7, 11) is 1.21. The maximum atomic E-state index is 14.8. The maximum Gasteiger partial charge on any atom is 0.307 e. The Morgan fingerprint density at radius 1 is 0.941 bits per heavy atom. The third-order valence-electron chi connectivity index (χ3n) is 10.1. The van der Waals surface area contributed by atoms with Crippen molar-refractivity contribution in [2.24, 2.45) is 11.8 Å². The zero-order chi connectivity index (χ0) is 36.9. The smallest absolute Gasteiger partial charge is 0.307 e. The molecule has 2 aliphatic rings. The molecule has 0 aromatic heterocycles. The number of carbonyl (C=O) groups excluding carboxylic acids is 5. The van der Waals surface area contributed by atoms with Crippen molar-refractivity contribution in [3.63, 3.8) is 0 Å². The van der Waals surface area contributed by atoms with Gasteiger partial charge in [0, 0.05) is 11.5 Å². The van der Waals surface area contributed by atoms with Crippen LogP contribution in [0.3, 0.4) is 0 Å². The number of nitrogens with zero attached hydrogens (tertiary/aromatic N) is 3. The van der Waals surface area contributed by atoms with Gasteiger partial charge >= 0.3 is 5.97 Å². The fourth-order valence-electron chi connectivity index (χ4n) is 7.34. The molecule has 0 unspecified atom stereocenters. The zero-order valence-electron chi connectivity index (χ0n) is 29.0. The molecule has 1 saturated heterocycles. The number of rotatable bonds is 14. The minimum Gasteiger partial charge on any atom is -0.469 e. The molecule has 6 atom stereocenters. The van der Waals surface area contributed by atoms with Gasteiger partial charge in [0.05, 0.1) is 43.3 Å². The molecule has 5 rings (SSSR count). The molecule has 1 N–H and O–H groups in total. The molecule has 4 amide bonds. The van der Waals surface area contributed by atoms with Gasteiger partial charge in [-0.3, -0.25) is 39.0 Å². The van der Waals surface area contributed by atoms with Crippen molar-refractivity contribution in [3.05, 3.63) is 117 Å². The molecule has 0 saturated carbocycles. The van der Waals surface area contributed by atoms with Crippen LogP contribution in [0.4, 0.5) is 0 Å². The van der Waals surface area contributed by atoms with Gasteiger partial charge in [0.2, 0.25) is 17.9 Å². The minimum absolute atomic E-state index is 0.0792. The largest absolute Gasteiger partial charge is 0.469 e. The Morgan fingerprint density at radius 3 is 2.06 bits per heavy atom. The number of hydrogen-bond donors (Lipinski definition) is 1. The van der Waals surface area contributed by atoms with Crippen molar-refractivity contribution in [2.75, 3.05) is 20.2 Å². The molecule has 0 spiro atoms. The average Bonchev–Trinajstić information content (AvgIpc) is 3.56. The molecule has 0 bridgehead atoms. The van der Waals surface area contributed by atoms with Gasteiger partial charge < -0.3 is 19.7 Å². The summed E-state index contributed by atoms with van der Waals surface area (Å²) < 4.78 is 11.3. The maximum absolute atomic E-state index is 14.8. The fourth-order valence-corrected chi connectivity index (χ4v) is 7.34. The van der Waals surface area contributed by atoms with Crippen molar-refractivity contribution in [1.82, 2.24) is 15.1 Å². The van der Waals surface area contributed by atoms with Crippen molar-refractivity contribution < 1.29 is 38.4 Å². The monoisotopic (exact) mass is 698 g/mol. The summed E-state index contributed by atoms with van der Waals surface area (Å²) in [4.78, 5) is 83.2. The normalized spacial score (nSPS) is 22.3. The summed E-state index contributed by atoms with van der Waals surface area (Å²) in [5.41, 5.74) is -0.519. The van der Waals surface area contributed by atoms with Crippen LogP contribution in [-0.4, -0.2) is 82.2 Å². The summed E-state index contributed by atoms with van der Waals surface area (Å²) in [5, 5.41) is 16.1. The van der Waals surface area contributed by atoms with E-state index < -0.39 is 70.7 Å². The van der Waals surface area contributed by atoms with E-state index in [4.69, 9.17) is 9.47 Å².